The predicted octanol–water partition coefficient (Wildman–Crippen LogP) is 3.70. The summed E-state index contributed by atoms with van der Waals surface area (Å²) in [5.41, 5.74) is 2.39. The summed E-state index contributed by atoms with van der Waals surface area (Å²) in [5, 5.41) is 6.63. The molecule has 2 rings (SSSR count). The predicted molar refractivity (Wildman–Crippen MR) is 127 cm³/mol. The van der Waals surface area contributed by atoms with E-state index in [1.54, 1.807) is 7.05 Å². The van der Waals surface area contributed by atoms with Crippen LogP contribution >= 0.6 is 24.0 Å². The summed E-state index contributed by atoms with van der Waals surface area (Å²) in [7, 11) is 0.870. The fourth-order valence-corrected chi connectivity index (χ4v) is 3.67. The van der Waals surface area contributed by atoms with Gasteiger partial charge in [-0.15, -0.1) is 24.0 Å². The molecule has 0 radical (unpaired) electrons. The smallest absolute Gasteiger partial charge is 0.191 e. The van der Waals surface area contributed by atoms with Crippen molar-refractivity contribution in [2.45, 2.75) is 25.0 Å². The third-order valence-corrected chi connectivity index (χ3v) is 5.58. The van der Waals surface area contributed by atoms with Gasteiger partial charge in [0.15, 0.2) is 5.96 Å². The Morgan fingerprint density at radius 3 is 2.19 bits per heavy atom. The minimum atomic E-state index is -0.885. The van der Waals surface area contributed by atoms with Gasteiger partial charge in [-0.3, -0.25) is 9.20 Å². The molecule has 1 unspecified atom stereocenters. The van der Waals surface area contributed by atoms with Crippen molar-refractivity contribution in [3.8, 4) is 0 Å². The molecule has 0 amide bonds. The molecule has 0 heterocycles. The minimum Gasteiger partial charge on any atom is -0.356 e. The number of hydrogen-bond donors (Lipinski definition) is 2. The normalized spacial score (nSPS) is 12.8. The second-order valence-corrected chi connectivity index (χ2v) is 8.45. The highest BCUT2D eigenvalue weighted by Gasteiger charge is 2.20. The van der Waals surface area contributed by atoms with Crippen molar-refractivity contribution in [1.29, 1.82) is 0 Å². The highest BCUT2D eigenvalue weighted by atomic mass is 127. The van der Waals surface area contributed by atoms with E-state index >= 15 is 0 Å². The first kappa shape index (κ1) is 23.6. The maximum atomic E-state index is 12.2. The van der Waals surface area contributed by atoms with Gasteiger partial charge in [-0.1, -0.05) is 74.5 Å². The van der Waals surface area contributed by atoms with Gasteiger partial charge in [0.25, 0.3) is 0 Å². The van der Waals surface area contributed by atoms with Crippen LogP contribution in [-0.2, 0) is 22.0 Å². The summed E-state index contributed by atoms with van der Waals surface area (Å²) >= 11 is 0. The van der Waals surface area contributed by atoms with Crippen LogP contribution in [0.25, 0.3) is 0 Å². The van der Waals surface area contributed by atoms with Crippen molar-refractivity contribution >= 4 is 40.7 Å². The summed E-state index contributed by atoms with van der Waals surface area (Å²) in [4.78, 5) is 4.26. The second-order valence-electron chi connectivity index (χ2n) is 6.88. The molecule has 2 aromatic carbocycles. The van der Waals surface area contributed by atoms with Gasteiger partial charge in [0.05, 0.1) is 0 Å². The Labute approximate surface area is 182 Å². The zero-order valence-electron chi connectivity index (χ0n) is 16.3. The lowest BCUT2D eigenvalue weighted by Gasteiger charge is -2.26. The van der Waals surface area contributed by atoms with Crippen LogP contribution in [0.3, 0.4) is 0 Å². The van der Waals surface area contributed by atoms with Crippen LogP contribution in [0.1, 0.15) is 25.0 Å². The highest BCUT2D eigenvalue weighted by Crippen LogP contribution is 2.21. The topological polar surface area (TPSA) is 53.5 Å². The molecule has 0 fully saturated rings. The zero-order valence-corrected chi connectivity index (χ0v) is 19.4. The summed E-state index contributed by atoms with van der Waals surface area (Å²) in [5.74, 6) is 1.93. The largest absolute Gasteiger partial charge is 0.356 e. The van der Waals surface area contributed by atoms with Crippen molar-refractivity contribution in [3.05, 3.63) is 71.8 Å². The Morgan fingerprint density at radius 1 is 1.00 bits per heavy atom. The molecule has 148 valence electrons. The number of aliphatic imine (C=N–C) groups is 1. The van der Waals surface area contributed by atoms with Crippen LogP contribution < -0.4 is 10.6 Å². The molecule has 2 aromatic rings. The molecular formula is C21H30IN3OS. The van der Waals surface area contributed by atoms with E-state index < -0.39 is 10.8 Å². The van der Waals surface area contributed by atoms with Crippen LogP contribution in [0.15, 0.2) is 65.7 Å². The maximum Gasteiger partial charge on any atom is 0.191 e. The van der Waals surface area contributed by atoms with Crippen LogP contribution in [0, 0.1) is 0 Å². The highest BCUT2D eigenvalue weighted by molar-refractivity contribution is 14.0. The molecule has 0 bridgehead atoms. The van der Waals surface area contributed by atoms with Crippen LogP contribution in [-0.4, -0.2) is 36.1 Å². The number of benzene rings is 2. The molecule has 4 nitrogen and oxygen atoms in total. The van der Waals surface area contributed by atoms with Gasteiger partial charge in [-0.05, 0) is 11.1 Å². The van der Waals surface area contributed by atoms with E-state index in [-0.39, 0.29) is 29.4 Å². The third-order valence-electron chi connectivity index (χ3n) is 4.27. The Morgan fingerprint density at radius 2 is 1.59 bits per heavy atom. The number of guanidine groups is 1. The van der Waals surface area contributed by atoms with Gasteiger partial charge < -0.3 is 10.6 Å². The van der Waals surface area contributed by atoms with Crippen LogP contribution in [0.2, 0.25) is 0 Å². The Kier molecular flexibility index (Phi) is 10.6. The maximum absolute atomic E-state index is 12.2. The van der Waals surface area contributed by atoms with Crippen molar-refractivity contribution in [1.82, 2.24) is 10.6 Å². The van der Waals surface area contributed by atoms with Gasteiger partial charge >= 0.3 is 0 Å². The van der Waals surface area contributed by atoms with Crippen molar-refractivity contribution < 1.29 is 4.21 Å². The fraction of sp³-hybridized carbons (Fsp3) is 0.381. The van der Waals surface area contributed by atoms with E-state index in [0.717, 1.165) is 18.1 Å². The number of hydrogen-bond acceptors (Lipinski definition) is 2. The molecule has 0 saturated carbocycles. The van der Waals surface area contributed by atoms with E-state index in [4.69, 9.17) is 0 Å². The van der Waals surface area contributed by atoms with E-state index in [2.05, 4.69) is 53.7 Å². The monoisotopic (exact) mass is 499 g/mol. The minimum absolute atomic E-state index is 0. The molecule has 0 aromatic heterocycles. The molecule has 6 heteroatoms. The van der Waals surface area contributed by atoms with Gasteiger partial charge in [-0.25, -0.2) is 0 Å². The van der Waals surface area contributed by atoms with Gasteiger partial charge in [0, 0.05) is 47.9 Å². The Balaban J connectivity index is 0.00000364. The summed E-state index contributed by atoms with van der Waals surface area (Å²) in [6.07, 6.45) is 0. The Bertz CT molecular complexity index is 721. The molecular weight excluding hydrogens is 469 g/mol. The van der Waals surface area contributed by atoms with Crippen LogP contribution in [0.5, 0.6) is 0 Å². The van der Waals surface area contributed by atoms with E-state index in [1.165, 1.54) is 5.56 Å². The van der Waals surface area contributed by atoms with Crippen LogP contribution in [0.4, 0.5) is 0 Å². The molecule has 27 heavy (non-hydrogen) atoms. The first-order chi connectivity index (χ1) is 12.5. The molecule has 0 aliphatic heterocycles. The van der Waals surface area contributed by atoms with Gasteiger partial charge in [0.1, 0.15) is 0 Å². The summed E-state index contributed by atoms with van der Waals surface area (Å²) in [6, 6.07) is 20.4. The lowest BCUT2D eigenvalue weighted by Crippen LogP contribution is -2.44. The molecule has 0 saturated heterocycles. The first-order valence-electron chi connectivity index (χ1n) is 8.90. The van der Waals surface area contributed by atoms with E-state index in [1.807, 2.05) is 36.4 Å². The quantitative estimate of drug-likeness (QED) is 0.331. The fourth-order valence-electron chi connectivity index (χ4n) is 2.63. The number of nitrogens with zero attached hydrogens (tertiary/aromatic N) is 1. The lowest BCUT2D eigenvalue weighted by atomic mass is 9.85. The van der Waals surface area contributed by atoms with E-state index in [9.17, 15) is 4.21 Å². The molecule has 0 spiro atoms. The zero-order chi connectivity index (χ0) is 18.8. The third kappa shape index (κ3) is 8.43. The first-order valence-corrected chi connectivity index (χ1v) is 10.4. The summed E-state index contributed by atoms with van der Waals surface area (Å²) in [6.45, 7) is 5.81. The van der Waals surface area contributed by atoms with Gasteiger partial charge in [-0.2, -0.15) is 0 Å². The lowest BCUT2D eigenvalue weighted by molar-refractivity contribution is 0.509. The van der Waals surface area contributed by atoms with Crippen molar-refractivity contribution in [2.75, 3.05) is 25.9 Å². The second kappa shape index (κ2) is 12.1. The molecule has 2 N–H and O–H groups in total. The molecule has 1 atom stereocenters. The van der Waals surface area contributed by atoms with Gasteiger partial charge in [0.2, 0.25) is 0 Å². The number of nitrogens with one attached hydrogen (secondary N) is 2. The standard InChI is InChI=1S/C21H29N3OS.HI/c1-21(2,19-12-8-5-9-13-19)17-24-20(22-3)23-14-15-26(25)16-18-10-6-4-7-11-18;/h4-13H,14-17H2,1-3H3,(H2,22,23,24);1H. The van der Waals surface area contributed by atoms with E-state index in [0.29, 0.717) is 18.1 Å². The number of halogens is 1. The average molecular weight is 499 g/mol. The molecule has 0 aliphatic carbocycles. The van der Waals surface area contributed by atoms with Crippen molar-refractivity contribution in [2.24, 2.45) is 4.99 Å². The average Bonchev–Trinajstić information content (AvgIpc) is 2.66. The SMILES string of the molecule is CN=C(NCCS(=O)Cc1ccccc1)NCC(C)(C)c1ccccc1.I. The summed E-state index contributed by atoms with van der Waals surface area (Å²) < 4.78 is 12.2. The molecule has 0 aliphatic rings. The van der Waals surface area contributed by atoms with Crippen molar-refractivity contribution in [3.63, 3.8) is 0 Å². The Hall–Kier alpha value is -1.41. The number of rotatable bonds is 8.